The highest BCUT2D eigenvalue weighted by Crippen LogP contribution is 2.32. The monoisotopic (exact) mass is 412 g/mol. The Kier molecular flexibility index (Phi) is 5.71. The van der Waals surface area contributed by atoms with Crippen LogP contribution in [-0.4, -0.2) is 51.9 Å². The van der Waals surface area contributed by atoms with E-state index in [1.54, 1.807) is 14.0 Å². The van der Waals surface area contributed by atoms with Crippen LogP contribution in [0.1, 0.15) is 35.9 Å². The fourth-order valence-electron chi connectivity index (χ4n) is 3.80. The van der Waals surface area contributed by atoms with Crippen LogP contribution in [-0.2, 0) is 4.79 Å². The molecule has 4 rings (SSSR count). The fourth-order valence-corrected chi connectivity index (χ4v) is 4.51. The van der Waals surface area contributed by atoms with E-state index >= 15 is 0 Å². The summed E-state index contributed by atoms with van der Waals surface area (Å²) < 4.78 is 10.8. The van der Waals surface area contributed by atoms with Crippen LogP contribution in [0.15, 0.2) is 34.0 Å². The summed E-state index contributed by atoms with van der Waals surface area (Å²) in [6, 6.07) is 6.16. The molecule has 3 heterocycles. The number of hydrogen-bond donors (Lipinski definition) is 0. The first-order chi connectivity index (χ1) is 14.0. The Balaban J connectivity index is 1.47. The standard InChI is InChI=1S/C21H24N4O3S/c1-13-17-9-18(22-10-15(17)6-7-19(13)27-3)16-5-4-8-25(11-16)20(26)12-29-21-24-23-14(2)28-21/h6-7,9-10,16H,4-5,8,11-12H2,1-3H3/t16-/m0/s1. The van der Waals surface area contributed by atoms with E-state index in [2.05, 4.69) is 23.2 Å². The molecule has 0 unspecified atom stereocenters. The molecule has 0 aliphatic carbocycles. The zero-order valence-corrected chi connectivity index (χ0v) is 17.7. The summed E-state index contributed by atoms with van der Waals surface area (Å²) >= 11 is 1.29. The van der Waals surface area contributed by atoms with E-state index in [1.807, 2.05) is 23.2 Å². The smallest absolute Gasteiger partial charge is 0.277 e. The molecule has 29 heavy (non-hydrogen) atoms. The summed E-state index contributed by atoms with van der Waals surface area (Å²) in [5.41, 5.74) is 2.15. The highest BCUT2D eigenvalue weighted by atomic mass is 32.2. The lowest BCUT2D eigenvalue weighted by Crippen LogP contribution is -2.40. The minimum Gasteiger partial charge on any atom is -0.496 e. The number of rotatable bonds is 5. The van der Waals surface area contributed by atoms with E-state index in [-0.39, 0.29) is 11.8 Å². The molecule has 1 aromatic carbocycles. The minimum absolute atomic E-state index is 0.0918. The number of pyridine rings is 1. The molecule has 1 saturated heterocycles. The molecule has 8 heteroatoms. The van der Waals surface area contributed by atoms with Gasteiger partial charge in [-0.15, -0.1) is 10.2 Å². The van der Waals surface area contributed by atoms with Gasteiger partial charge in [0.25, 0.3) is 5.22 Å². The molecule has 1 fully saturated rings. The second-order valence-electron chi connectivity index (χ2n) is 7.28. The number of ether oxygens (including phenoxy) is 1. The Morgan fingerprint density at radius 1 is 1.34 bits per heavy atom. The van der Waals surface area contributed by atoms with Crippen molar-refractivity contribution in [1.82, 2.24) is 20.1 Å². The number of aromatic nitrogens is 3. The number of piperidine rings is 1. The quantitative estimate of drug-likeness (QED) is 0.591. The van der Waals surface area contributed by atoms with Crippen molar-refractivity contribution in [2.45, 2.75) is 37.8 Å². The molecule has 0 spiro atoms. The largest absolute Gasteiger partial charge is 0.496 e. The van der Waals surface area contributed by atoms with Crippen LogP contribution < -0.4 is 4.74 Å². The molecule has 1 amide bonds. The maximum absolute atomic E-state index is 12.7. The Hall–Kier alpha value is -2.61. The van der Waals surface area contributed by atoms with Gasteiger partial charge >= 0.3 is 0 Å². The number of likely N-dealkylation sites (tertiary alicyclic amines) is 1. The van der Waals surface area contributed by atoms with Gasteiger partial charge in [0.2, 0.25) is 11.8 Å². The molecule has 2 aromatic heterocycles. The number of carbonyl (C=O) groups is 1. The highest BCUT2D eigenvalue weighted by molar-refractivity contribution is 7.99. The van der Waals surface area contributed by atoms with Gasteiger partial charge in [-0.25, -0.2) is 0 Å². The van der Waals surface area contributed by atoms with Crippen molar-refractivity contribution in [2.75, 3.05) is 26.0 Å². The third kappa shape index (κ3) is 4.22. The first-order valence-corrected chi connectivity index (χ1v) is 10.7. The van der Waals surface area contributed by atoms with E-state index < -0.39 is 0 Å². The van der Waals surface area contributed by atoms with Gasteiger partial charge in [-0.3, -0.25) is 9.78 Å². The van der Waals surface area contributed by atoms with Crippen molar-refractivity contribution >= 4 is 28.4 Å². The lowest BCUT2D eigenvalue weighted by atomic mass is 9.92. The lowest BCUT2D eigenvalue weighted by molar-refractivity contribution is -0.129. The number of methoxy groups -OCH3 is 1. The maximum Gasteiger partial charge on any atom is 0.277 e. The molecular weight excluding hydrogens is 388 g/mol. The average Bonchev–Trinajstić information content (AvgIpc) is 3.17. The number of amides is 1. The van der Waals surface area contributed by atoms with Crippen molar-refractivity contribution < 1.29 is 13.9 Å². The lowest BCUT2D eigenvalue weighted by Gasteiger charge is -2.32. The molecule has 152 valence electrons. The molecule has 0 saturated carbocycles. The number of fused-ring (bicyclic) bond motifs is 1. The first kappa shape index (κ1) is 19.7. The van der Waals surface area contributed by atoms with Crippen LogP contribution in [0.2, 0.25) is 0 Å². The number of thioether (sulfide) groups is 1. The summed E-state index contributed by atoms with van der Waals surface area (Å²) in [5, 5.41) is 10.4. The van der Waals surface area contributed by atoms with Gasteiger partial charge < -0.3 is 14.1 Å². The Labute approximate surface area is 173 Å². The highest BCUT2D eigenvalue weighted by Gasteiger charge is 2.26. The van der Waals surface area contributed by atoms with Crippen molar-refractivity contribution in [1.29, 1.82) is 0 Å². The van der Waals surface area contributed by atoms with Crippen molar-refractivity contribution in [2.24, 2.45) is 0 Å². The summed E-state index contributed by atoms with van der Waals surface area (Å²) in [6.07, 6.45) is 3.92. The van der Waals surface area contributed by atoms with Gasteiger partial charge in [0.05, 0.1) is 12.9 Å². The Morgan fingerprint density at radius 3 is 2.97 bits per heavy atom. The molecule has 0 N–H and O–H groups in total. The second kappa shape index (κ2) is 8.41. The van der Waals surface area contributed by atoms with Gasteiger partial charge in [-0.05, 0) is 48.9 Å². The Morgan fingerprint density at radius 2 is 2.21 bits per heavy atom. The van der Waals surface area contributed by atoms with Crippen molar-refractivity contribution in [3.05, 3.63) is 41.5 Å². The third-order valence-electron chi connectivity index (χ3n) is 5.38. The number of aryl methyl sites for hydroxylation is 2. The molecule has 0 radical (unpaired) electrons. The van der Waals surface area contributed by atoms with Crippen LogP contribution >= 0.6 is 11.8 Å². The summed E-state index contributed by atoms with van der Waals surface area (Å²) in [4.78, 5) is 19.3. The minimum atomic E-state index is 0.0918. The van der Waals surface area contributed by atoms with Gasteiger partial charge in [0.15, 0.2) is 0 Å². The number of benzene rings is 1. The van der Waals surface area contributed by atoms with E-state index in [0.717, 1.165) is 47.2 Å². The van der Waals surface area contributed by atoms with Gasteiger partial charge in [-0.2, -0.15) is 0 Å². The van der Waals surface area contributed by atoms with Crippen molar-refractivity contribution in [3.8, 4) is 5.75 Å². The van der Waals surface area contributed by atoms with Crippen molar-refractivity contribution in [3.63, 3.8) is 0 Å². The third-order valence-corrected chi connectivity index (χ3v) is 6.19. The molecule has 0 bridgehead atoms. The second-order valence-corrected chi connectivity index (χ2v) is 8.20. The summed E-state index contributed by atoms with van der Waals surface area (Å²) in [6.45, 7) is 5.27. The van der Waals surface area contributed by atoms with Gasteiger partial charge in [0, 0.05) is 43.2 Å². The molecular formula is C21H24N4O3S. The SMILES string of the molecule is COc1ccc2cnc([C@H]3CCCN(C(=O)CSc4nnc(C)o4)C3)cc2c1C. The Bertz CT molecular complexity index is 1040. The molecule has 3 aromatic rings. The molecule has 7 nitrogen and oxygen atoms in total. The van der Waals surface area contributed by atoms with Gasteiger partial charge in [-0.1, -0.05) is 11.8 Å². The molecule has 1 aliphatic heterocycles. The zero-order valence-electron chi connectivity index (χ0n) is 16.8. The predicted octanol–water partition coefficient (Wildman–Crippen LogP) is 3.74. The zero-order chi connectivity index (χ0) is 20.4. The normalized spacial score (nSPS) is 16.9. The number of nitrogens with zero attached hydrogens (tertiary/aromatic N) is 4. The van der Waals surface area contributed by atoms with Crippen LogP contribution in [0.3, 0.4) is 0 Å². The average molecular weight is 413 g/mol. The van der Waals surface area contributed by atoms with E-state index in [0.29, 0.717) is 23.4 Å². The van der Waals surface area contributed by atoms with Crippen LogP contribution in [0.5, 0.6) is 5.75 Å². The van der Waals surface area contributed by atoms with E-state index in [9.17, 15) is 4.79 Å². The van der Waals surface area contributed by atoms with E-state index in [4.69, 9.17) is 14.1 Å². The first-order valence-electron chi connectivity index (χ1n) is 9.69. The maximum atomic E-state index is 12.7. The van der Waals surface area contributed by atoms with Gasteiger partial charge in [0.1, 0.15) is 5.75 Å². The number of hydrogen-bond acceptors (Lipinski definition) is 7. The van der Waals surface area contributed by atoms with Crippen LogP contribution in [0.4, 0.5) is 0 Å². The topological polar surface area (TPSA) is 81.4 Å². The predicted molar refractivity (Wildman–Crippen MR) is 111 cm³/mol. The molecule has 1 aliphatic rings. The van der Waals surface area contributed by atoms with Crippen LogP contribution in [0.25, 0.3) is 10.8 Å². The summed E-state index contributed by atoms with van der Waals surface area (Å²) in [5.74, 6) is 2.01. The van der Waals surface area contributed by atoms with Crippen LogP contribution in [0, 0.1) is 13.8 Å². The molecule has 1 atom stereocenters. The number of carbonyl (C=O) groups excluding carboxylic acids is 1. The summed E-state index contributed by atoms with van der Waals surface area (Å²) in [7, 11) is 1.69. The fraction of sp³-hybridized carbons (Fsp3) is 0.429. The van der Waals surface area contributed by atoms with E-state index in [1.165, 1.54) is 11.8 Å².